The van der Waals surface area contributed by atoms with Gasteiger partial charge in [0, 0.05) is 11.4 Å². The first-order valence-electron chi connectivity index (χ1n) is 8.62. The zero-order chi connectivity index (χ0) is 17.6. The highest BCUT2D eigenvalue weighted by Crippen LogP contribution is 2.32. The molecule has 1 aromatic rings. The third-order valence-electron chi connectivity index (χ3n) is 4.50. The molecule has 1 heterocycles. The van der Waals surface area contributed by atoms with Crippen molar-refractivity contribution in [3.63, 3.8) is 0 Å². The first-order valence-corrected chi connectivity index (χ1v) is 9.61. The largest absolute Gasteiger partial charge is 0.452 e. The molecule has 0 atom stereocenters. The van der Waals surface area contributed by atoms with Crippen LogP contribution in [-0.4, -0.2) is 36.7 Å². The van der Waals surface area contributed by atoms with Crippen LogP contribution >= 0.6 is 11.8 Å². The van der Waals surface area contributed by atoms with Gasteiger partial charge in [0.05, 0.1) is 17.0 Å². The van der Waals surface area contributed by atoms with Gasteiger partial charge in [0.1, 0.15) is 0 Å². The lowest BCUT2D eigenvalue weighted by Crippen LogP contribution is -2.33. The Hall–Kier alpha value is -2.02. The lowest BCUT2D eigenvalue weighted by molar-refractivity contribution is -0.124. The maximum atomic E-state index is 12.1. The average molecular weight is 362 g/mol. The zero-order valence-electron chi connectivity index (χ0n) is 14.0. The van der Waals surface area contributed by atoms with Gasteiger partial charge in [-0.3, -0.25) is 9.59 Å². The summed E-state index contributed by atoms with van der Waals surface area (Å²) < 4.78 is 5.08. The van der Waals surface area contributed by atoms with E-state index in [4.69, 9.17) is 4.74 Å². The van der Waals surface area contributed by atoms with E-state index in [0.717, 1.165) is 17.7 Å². The van der Waals surface area contributed by atoms with E-state index >= 15 is 0 Å². The number of fused-ring (bicyclic) bond motifs is 1. The van der Waals surface area contributed by atoms with Gasteiger partial charge in [-0.15, -0.1) is 11.8 Å². The van der Waals surface area contributed by atoms with Gasteiger partial charge < -0.3 is 15.4 Å². The van der Waals surface area contributed by atoms with Gasteiger partial charge in [-0.05, 0) is 37.0 Å². The molecule has 1 aliphatic carbocycles. The summed E-state index contributed by atoms with van der Waals surface area (Å²) in [6, 6.07) is 5.01. The van der Waals surface area contributed by atoms with Crippen LogP contribution in [0.4, 0.5) is 5.69 Å². The van der Waals surface area contributed by atoms with Crippen LogP contribution in [-0.2, 0) is 14.3 Å². The number of hydrogen-bond donors (Lipinski definition) is 2. The molecule has 134 valence electrons. The van der Waals surface area contributed by atoms with E-state index in [9.17, 15) is 14.4 Å². The summed E-state index contributed by atoms with van der Waals surface area (Å²) in [6.07, 6.45) is 6.03. The van der Waals surface area contributed by atoms with Crippen molar-refractivity contribution in [2.24, 2.45) is 5.92 Å². The van der Waals surface area contributed by atoms with E-state index in [1.165, 1.54) is 31.0 Å². The van der Waals surface area contributed by atoms with E-state index in [2.05, 4.69) is 10.6 Å². The van der Waals surface area contributed by atoms with Crippen molar-refractivity contribution in [2.45, 2.75) is 37.0 Å². The minimum atomic E-state index is -0.569. The van der Waals surface area contributed by atoms with Crippen molar-refractivity contribution in [3.05, 3.63) is 23.8 Å². The lowest BCUT2D eigenvalue weighted by Gasteiger charge is -2.21. The molecule has 1 fully saturated rings. The maximum Gasteiger partial charge on any atom is 0.338 e. The number of nitrogens with one attached hydrogen (secondary N) is 2. The molecule has 0 spiro atoms. The molecule has 0 radical (unpaired) electrons. The molecule has 7 heteroatoms. The SMILES string of the molecule is O=C(COC(=O)c1ccc2c(c1)NC(=O)CS2)NCC1CCCCC1. The Bertz CT molecular complexity index is 671. The number of anilines is 1. The van der Waals surface area contributed by atoms with E-state index in [0.29, 0.717) is 29.5 Å². The number of hydrogen-bond acceptors (Lipinski definition) is 5. The number of carbonyl (C=O) groups excluding carboxylic acids is 3. The summed E-state index contributed by atoms with van der Waals surface area (Å²) in [5.41, 5.74) is 0.930. The fourth-order valence-corrected chi connectivity index (χ4v) is 3.91. The van der Waals surface area contributed by atoms with Crippen molar-refractivity contribution >= 4 is 35.2 Å². The molecule has 25 heavy (non-hydrogen) atoms. The zero-order valence-corrected chi connectivity index (χ0v) is 14.8. The lowest BCUT2D eigenvalue weighted by atomic mass is 9.89. The first kappa shape index (κ1) is 17.8. The van der Waals surface area contributed by atoms with Crippen LogP contribution in [0.1, 0.15) is 42.5 Å². The van der Waals surface area contributed by atoms with E-state index in [1.54, 1.807) is 18.2 Å². The number of ether oxygens (including phenoxy) is 1. The van der Waals surface area contributed by atoms with Crippen LogP contribution in [0, 0.1) is 5.92 Å². The first-order chi connectivity index (χ1) is 12.1. The topological polar surface area (TPSA) is 84.5 Å². The molecule has 2 N–H and O–H groups in total. The van der Waals surface area contributed by atoms with Crippen molar-refractivity contribution in [3.8, 4) is 0 Å². The Balaban J connectivity index is 1.46. The smallest absolute Gasteiger partial charge is 0.338 e. The third-order valence-corrected chi connectivity index (χ3v) is 5.57. The van der Waals surface area contributed by atoms with Gasteiger partial charge in [0.15, 0.2) is 6.61 Å². The second-order valence-electron chi connectivity index (χ2n) is 6.43. The predicted octanol–water partition coefficient (Wildman–Crippen LogP) is 2.58. The molecular formula is C18H22N2O4S. The van der Waals surface area contributed by atoms with Crippen LogP contribution in [0.25, 0.3) is 0 Å². The van der Waals surface area contributed by atoms with Gasteiger partial charge in [-0.25, -0.2) is 4.79 Å². The molecule has 0 aromatic heterocycles. The Morgan fingerprint density at radius 2 is 2.04 bits per heavy atom. The third kappa shape index (κ3) is 4.98. The Morgan fingerprint density at radius 1 is 1.24 bits per heavy atom. The van der Waals surface area contributed by atoms with E-state index in [1.807, 2.05) is 0 Å². The van der Waals surface area contributed by atoms with Crippen molar-refractivity contribution in [2.75, 3.05) is 24.2 Å². The fourth-order valence-electron chi connectivity index (χ4n) is 3.12. The van der Waals surface area contributed by atoms with Gasteiger partial charge in [0.2, 0.25) is 5.91 Å². The number of thioether (sulfide) groups is 1. The Labute approximate surface area is 151 Å². The van der Waals surface area contributed by atoms with Crippen LogP contribution < -0.4 is 10.6 Å². The Kier molecular flexibility index (Phi) is 5.96. The summed E-state index contributed by atoms with van der Waals surface area (Å²) in [7, 11) is 0. The minimum Gasteiger partial charge on any atom is -0.452 e. The predicted molar refractivity (Wildman–Crippen MR) is 95.7 cm³/mol. The highest BCUT2D eigenvalue weighted by Gasteiger charge is 2.19. The molecule has 1 saturated carbocycles. The molecule has 0 unspecified atom stereocenters. The molecule has 2 aliphatic rings. The summed E-state index contributed by atoms with van der Waals surface area (Å²) in [4.78, 5) is 36.3. The Morgan fingerprint density at radius 3 is 2.84 bits per heavy atom. The number of rotatable bonds is 5. The average Bonchev–Trinajstić information content (AvgIpc) is 2.64. The van der Waals surface area contributed by atoms with Crippen LogP contribution in [0.3, 0.4) is 0 Å². The molecule has 1 aromatic carbocycles. The summed E-state index contributed by atoms with van der Waals surface area (Å²) in [5, 5.41) is 5.57. The fraction of sp³-hybridized carbons (Fsp3) is 0.500. The van der Waals surface area contributed by atoms with Crippen LogP contribution in [0.5, 0.6) is 0 Å². The quantitative estimate of drug-likeness (QED) is 0.787. The van der Waals surface area contributed by atoms with Crippen molar-refractivity contribution in [1.29, 1.82) is 0 Å². The monoisotopic (exact) mass is 362 g/mol. The highest BCUT2D eigenvalue weighted by atomic mass is 32.2. The van der Waals surface area contributed by atoms with Gasteiger partial charge in [-0.1, -0.05) is 19.3 Å². The van der Waals surface area contributed by atoms with Crippen LogP contribution in [0.15, 0.2) is 23.1 Å². The number of carbonyl (C=O) groups is 3. The molecule has 2 amide bonds. The summed E-state index contributed by atoms with van der Waals surface area (Å²) >= 11 is 1.43. The maximum absolute atomic E-state index is 12.1. The van der Waals surface area contributed by atoms with Crippen molar-refractivity contribution < 1.29 is 19.1 Å². The molecular weight excluding hydrogens is 340 g/mol. The molecule has 6 nitrogen and oxygen atoms in total. The van der Waals surface area contributed by atoms with E-state index < -0.39 is 5.97 Å². The standard InChI is InChI=1S/C18H22N2O4S/c21-16(19-9-12-4-2-1-3-5-12)10-24-18(23)13-6-7-15-14(8-13)20-17(22)11-25-15/h6-8,12H,1-5,9-11H2,(H,19,21)(H,20,22). The summed E-state index contributed by atoms with van der Waals surface area (Å²) in [5.74, 6) is -0.0285. The van der Waals surface area contributed by atoms with E-state index in [-0.39, 0.29) is 18.4 Å². The summed E-state index contributed by atoms with van der Waals surface area (Å²) in [6.45, 7) is 0.363. The molecule has 3 rings (SSSR count). The highest BCUT2D eigenvalue weighted by molar-refractivity contribution is 8.00. The van der Waals surface area contributed by atoms with Gasteiger partial charge in [0.25, 0.3) is 5.91 Å². The minimum absolute atomic E-state index is 0.0925. The number of benzene rings is 1. The number of amides is 2. The second-order valence-corrected chi connectivity index (χ2v) is 7.45. The molecule has 0 saturated heterocycles. The molecule has 0 bridgehead atoms. The van der Waals surface area contributed by atoms with Gasteiger partial charge in [-0.2, -0.15) is 0 Å². The second kappa shape index (κ2) is 8.38. The van der Waals surface area contributed by atoms with Crippen molar-refractivity contribution in [1.82, 2.24) is 5.32 Å². The molecule has 1 aliphatic heterocycles. The van der Waals surface area contributed by atoms with Gasteiger partial charge >= 0.3 is 5.97 Å². The normalized spacial score (nSPS) is 17.4. The number of esters is 1. The van der Waals surface area contributed by atoms with Crippen LogP contribution in [0.2, 0.25) is 0 Å².